The number of nitrogens with zero attached hydrogens (tertiary/aromatic N) is 2. The molecule has 0 spiro atoms. The van der Waals surface area contributed by atoms with E-state index in [1.54, 1.807) is 23.1 Å². The minimum Gasteiger partial charge on any atom is -0.328 e. The Bertz CT molecular complexity index is 686. The Hall–Kier alpha value is -1.30. The Balaban J connectivity index is 1.84. The molecule has 2 N–H and O–H groups in total. The van der Waals surface area contributed by atoms with Gasteiger partial charge in [0.25, 0.3) is 0 Å². The molecule has 1 aromatic carbocycles. The second kappa shape index (κ2) is 5.99. The van der Waals surface area contributed by atoms with Crippen LogP contribution < -0.4 is 5.73 Å². The van der Waals surface area contributed by atoms with Crippen LogP contribution in [0.1, 0.15) is 18.2 Å². The SMILES string of the molecule is CC(N)Cc1c(SCc2ccccc2)nc2sccn12. The number of fused-ring (bicyclic) bond motifs is 1. The molecule has 0 amide bonds. The fourth-order valence-corrected chi connectivity index (χ4v) is 3.93. The normalized spacial score (nSPS) is 12.9. The molecule has 1 atom stereocenters. The first-order chi connectivity index (χ1) is 9.74. The first-order valence-corrected chi connectivity index (χ1v) is 8.47. The highest BCUT2D eigenvalue weighted by Crippen LogP contribution is 2.29. The number of nitrogens with two attached hydrogens (primary N) is 1. The molecule has 104 valence electrons. The van der Waals surface area contributed by atoms with Gasteiger partial charge in [0.2, 0.25) is 0 Å². The highest BCUT2D eigenvalue weighted by molar-refractivity contribution is 7.98. The molecule has 0 aliphatic rings. The van der Waals surface area contributed by atoms with E-state index >= 15 is 0 Å². The highest BCUT2D eigenvalue weighted by atomic mass is 32.2. The summed E-state index contributed by atoms with van der Waals surface area (Å²) in [5.41, 5.74) is 8.53. The lowest BCUT2D eigenvalue weighted by Gasteiger charge is -2.07. The van der Waals surface area contributed by atoms with Crippen molar-refractivity contribution in [1.29, 1.82) is 0 Å². The molecule has 0 aliphatic carbocycles. The van der Waals surface area contributed by atoms with Gasteiger partial charge in [0.15, 0.2) is 4.96 Å². The fourth-order valence-electron chi connectivity index (χ4n) is 2.14. The Labute approximate surface area is 126 Å². The van der Waals surface area contributed by atoms with Gasteiger partial charge in [-0.05, 0) is 12.5 Å². The molecular weight excluding hydrogens is 286 g/mol. The van der Waals surface area contributed by atoms with E-state index in [2.05, 4.69) is 40.2 Å². The Morgan fingerprint density at radius 3 is 2.90 bits per heavy atom. The van der Waals surface area contributed by atoms with Crippen LogP contribution in [0.25, 0.3) is 4.96 Å². The smallest absolute Gasteiger partial charge is 0.194 e. The van der Waals surface area contributed by atoms with Gasteiger partial charge in [0.1, 0.15) is 5.03 Å². The van der Waals surface area contributed by atoms with Crippen molar-refractivity contribution < 1.29 is 0 Å². The van der Waals surface area contributed by atoms with Gasteiger partial charge >= 0.3 is 0 Å². The maximum atomic E-state index is 5.97. The number of imidazole rings is 1. The van der Waals surface area contributed by atoms with Gasteiger partial charge in [-0.1, -0.05) is 42.1 Å². The van der Waals surface area contributed by atoms with Crippen molar-refractivity contribution in [2.24, 2.45) is 5.73 Å². The van der Waals surface area contributed by atoms with Gasteiger partial charge in [-0.25, -0.2) is 4.98 Å². The summed E-state index contributed by atoms with van der Waals surface area (Å²) in [6.45, 7) is 2.04. The summed E-state index contributed by atoms with van der Waals surface area (Å²) in [6.07, 6.45) is 2.94. The summed E-state index contributed by atoms with van der Waals surface area (Å²) < 4.78 is 2.17. The van der Waals surface area contributed by atoms with E-state index in [1.807, 2.05) is 13.0 Å². The summed E-state index contributed by atoms with van der Waals surface area (Å²) in [5, 5.41) is 3.18. The molecule has 0 fully saturated rings. The van der Waals surface area contributed by atoms with Gasteiger partial charge in [0, 0.05) is 29.8 Å². The lowest BCUT2D eigenvalue weighted by molar-refractivity contribution is 0.706. The van der Waals surface area contributed by atoms with E-state index in [0.717, 1.165) is 22.2 Å². The maximum Gasteiger partial charge on any atom is 0.194 e. The topological polar surface area (TPSA) is 43.3 Å². The zero-order valence-electron chi connectivity index (χ0n) is 11.3. The first-order valence-electron chi connectivity index (χ1n) is 6.61. The highest BCUT2D eigenvalue weighted by Gasteiger charge is 2.14. The van der Waals surface area contributed by atoms with Crippen molar-refractivity contribution in [2.75, 3.05) is 0 Å². The van der Waals surface area contributed by atoms with Crippen LogP contribution in [-0.4, -0.2) is 15.4 Å². The molecule has 0 radical (unpaired) electrons. The van der Waals surface area contributed by atoms with Crippen LogP contribution >= 0.6 is 23.1 Å². The lowest BCUT2D eigenvalue weighted by Crippen LogP contribution is -2.19. The van der Waals surface area contributed by atoms with Crippen LogP contribution in [0, 0.1) is 0 Å². The van der Waals surface area contributed by atoms with Crippen LogP contribution in [-0.2, 0) is 12.2 Å². The van der Waals surface area contributed by atoms with Crippen molar-refractivity contribution in [1.82, 2.24) is 9.38 Å². The van der Waals surface area contributed by atoms with Crippen LogP contribution in [0.5, 0.6) is 0 Å². The lowest BCUT2D eigenvalue weighted by atomic mass is 10.2. The summed E-state index contributed by atoms with van der Waals surface area (Å²) in [5.74, 6) is 0.942. The summed E-state index contributed by atoms with van der Waals surface area (Å²) in [4.78, 5) is 5.78. The van der Waals surface area contributed by atoms with Crippen molar-refractivity contribution >= 4 is 28.1 Å². The fraction of sp³-hybridized carbons (Fsp3) is 0.267. The number of thiazole rings is 1. The third-order valence-corrected chi connectivity index (χ3v) is 4.89. The van der Waals surface area contributed by atoms with Crippen LogP contribution in [0.15, 0.2) is 46.9 Å². The molecule has 20 heavy (non-hydrogen) atoms. The quantitative estimate of drug-likeness (QED) is 0.733. The molecule has 2 aromatic heterocycles. The van der Waals surface area contributed by atoms with E-state index in [0.29, 0.717) is 0 Å². The maximum absolute atomic E-state index is 5.97. The number of hydrogen-bond donors (Lipinski definition) is 1. The number of aromatic nitrogens is 2. The molecule has 5 heteroatoms. The minimum absolute atomic E-state index is 0.144. The van der Waals surface area contributed by atoms with Crippen molar-refractivity contribution in [3.63, 3.8) is 0 Å². The van der Waals surface area contributed by atoms with Crippen molar-refractivity contribution in [3.8, 4) is 0 Å². The van der Waals surface area contributed by atoms with E-state index in [-0.39, 0.29) is 6.04 Å². The zero-order valence-corrected chi connectivity index (χ0v) is 13.0. The second-order valence-corrected chi connectivity index (χ2v) is 6.71. The van der Waals surface area contributed by atoms with Gasteiger partial charge in [-0.3, -0.25) is 4.40 Å². The Morgan fingerprint density at radius 2 is 2.15 bits per heavy atom. The first kappa shape index (κ1) is 13.7. The number of thioether (sulfide) groups is 1. The number of hydrogen-bond acceptors (Lipinski definition) is 4. The van der Waals surface area contributed by atoms with Gasteiger partial charge in [0.05, 0.1) is 5.69 Å². The Morgan fingerprint density at radius 1 is 1.35 bits per heavy atom. The predicted molar refractivity (Wildman–Crippen MR) is 86.4 cm³/mol. The molecule has 0 saturated heterocycles. The number of benzene rings is 1. The van der Waals surface area contributed by atoms with Gasteiger partial charge < -0.3 is 5.73 Å². The second-order valence-electron chi connectivity index (χ2n) is 4.87. The molecule has 3 aromatic rings. The Kier molecular flexibility index (Phi) is 4.10. The summed E-state index contributed by atoms with van der Waals surface area (Å²) in [7, 11) is 0. The molecule has 3 rings (SSSR count). The predicted octanol–water partition coefficient (Wildman–Crippen LogP) is 3.58. The molecule has 1 unspecified atom stereocenters. The van der Waals surface area contributed by atoms with Crippen molar-refractivity contribution in [2.45, 2.75) is 30.2 Å². The van der Waals surface area contributed by atoms with Gasteiger partial charge in [-0.15, -0.1) is 11.3 Å². The molecule has 2 heterocycles. The molecule has 0 bridgehead atoms. The largest absolute Gasteiger partial charge is 0.328 e. The molecule has 0 aliphatic heterocycles. The average Bonchev–Trinajstić information content (AvgIpc) is 3.00. The monoisotopic (exact) mass is 303 g/mol. The molecule has 0 saturated carbocycles. The van der Waals surface area contributed by atoms with Crippen molar-refractivity contribution in [3.05, 3.63) is 53.2 Å². The molecule has 3 nitrogen and oxygen atoms in total. The zero-order chi connectivity index (χ0) is 13.9. The number of rotatable bonds is 5. The standard InChI is InChI=1S/C15H17N3S2/c1-11(16)9-13-14(17-15-18(13)7-8-19-15)20-10-12-5-3-2-4-6-12/h2-8,11H,9-10,16H2,1H3. The van der Waals surface area contributed by atoms with Crippen LogP contribution in [0.2, 0.25) is 0 Å². The van der Waals surface area contributed by atoms with E-state index in [4.69, 9.17) is 10.7 Å². The third-order valence-electron chi connectivity index (χ3n) is 3.06. The molecular formula is C15H17N3S2. The van der Waals surface area contributed by atoms with E-state index < -0.39 is 0 Å². The van der Waals surface area contributed by atoms with Crippen LogP contribution in [0.3, 0.4) is 0 Å². The minimum atomic E-state index is 0.144. The van der Waals surface area contributed by atoms with Crippen LogP contribution in [0.4, 0.5) is 0 Å². The summed E-state index contributed by atoms with van der Waals surface area (Å²) >= 11 is 3.46. The van der Waals surface area contributed by atoms with E-state index in [9.17, 15) is 0 Å². The third kappa shape index (κ3) is 2.90. The summed E-state index contributed by atoms with van der Waals surface area (Å²) in [6, 6.07) is 10.6. The van der Waals surface area contributed by atoms with E-state index in [1.165, 1.54) is 11.3 Å². The average molecular weight is 303 g/mol. The van der Waals surface area contributed by atoms with Gasteiger partial charge in [-0.2, -0.15) is 0 Å².